The van der Waals surface area contributed by atoms with Crippen LogP contribution >= 0.6 is 11.8 Å². The van der Waals surface area contributed by atoms with Crippen LogP contribution in [-0.2, 0) is 15.8 Å². The molecule has 1 unspecified atom stereocenters. The zero-order chi connectivity index (χ0) is 17.0. The number of hydrogen-bond acceptors (Lipinski definition) is 4. The number of carbonyl (C=O) groups is 2. The highest BCUT2D eigenvalue weighted by molar-refractivity contribution is 8.00. The van der Waals surface area contributed by atoms with E-state index in [1.807, 2.05) is 0 Å². The summed E-state index contributed by atoms with van der Waals surface area (Å²) in [5.41, 5.74) is -0.895. The Morgan fingerprint density at radius 1 is 1.43 bits per heavy atom. The first-order chi connectivity index (χ1) is 10.8. The fraction of sp³-hybridized carbons (Fsp3) is 0.615. The van der Waals surface area contributed by atoms with E-state index in [0.717, 1.165) is 18.0 Å². The van der Waals surface area contributed by atoms with Gasteiger partial charge in [-0.1, -0.05) is 0 Å². The van der Waals surface area contributed by atoms with Crippen LogP contribution in [-0.4, -0.2) is 56.4 Å². The van der Waals surface area contributed by atoms with E-state index in [-0.39, 0.29) is 35.7 Å². The van der Waals surface area contributed by atoms with Crippen molar-refractivity contribution in [1.29, 1.82) is 0 Å². The normalized spacial score (nSPS) is 18.9. The number of aliphatic carboxylic acids is 1. The average Bonchev–Trinajstić information content (AvgIpc) is 2.97. The Kier molecular flexibility index (Phi) is 5.55. The highest BCUT2D eigenvalue weighted by Gasteiger charge is 2.34. The van der Waals surface area contributed by atoms with E-state index in [1.54, 1.807) is 4.90 Å². The first kappa shape index (κ1) is 17.6. The number of imidazole rings is 1. The Labute approximate surface area is 134 Å². The van der Waals surface area contributed by atoms with Crippen molar-refractivity contribution in [2.24, 2.45) is 0 Å². The van der Waals surface area contributed by atoms with E-state index in [9.17, 15) is 22.8 Å². The predicted octanol–water partition coefficient (Wildman–Crippen LogP) is 1.95. The van der Waals surface area contributed by atoms with Gasteiger partial charge in [0.15, 0.2) is 0 Å². The van der Waals surface area contributed by atoms with Gasteiger partial charge < -0.3 is 15.0 Å². The minimum atomic E-state index is -4.47. The largest absolute Gasteiger partial charge is 0.481 e. The van der Waals surface area contributed by atoms with Crippen LogP contribution in [0.5, 0.6) is 0 Å². The number of alkyl halides is 3. The van der Waals surface area contributed by atoms with E-state index in [2.05, 4.69) is 9.97 Å². The number of piperidine rings is 1. The molecule has 128 valence electrons. The molecular formula is C13H16F3N3O3S. The van der Waals surface area contributed by atoms with Crippen LogP contribution < -0.4 is 0 Å². The standard InChI is InChI=1S/C13H16F3N3O3S/c14-13(15,16)9-4-17-12(18-9)8-2-1-3-19(5-8)10(20)6-23-7-11(21)22/h4,8H,1-3,5-7H2,(H,17,18)(H,21,22). The number of aromatic nitrogens is 2. The summed E-state index contributed by atoms with van der Waals surface area (Å²) in [6.07, 6.45) is -2.39. The molecule has 1 saturated heterocycles. The lowest BCUT2D eigenvalue weighted by Crippen LogP contribution is -2.40. The van der Waals surface area contributed by atoms with Crippen molar-refractivity contribution in [3.05, 3.63) is 17.7 Å². The van der Waals surface area contributed by atoms with Crippen molar-refractivity contribution in [1.82, 2.24) is 14.9 Å². The number of thioether (sulfide) groups is 1. The first-order valence-corrected chi connectivity index (χ1v) is 8.12. The molecule has 1 aromatic heterocycles. The van der Waals surface area contributed by atoms with Gasteiger partial charge in [-0.2, -0.15) is 13.2 Å². The molecule has 1 aliphatic heterocycles. The molecule has 1 atom stereocenters. The zero-order valence-electron chi connectivity index (χ0n) is 12.1. The van der Waals surface area contributed by atoms with Gasteiger partial charge in [0.05, 0.1) is 17.7 Å². The lowest BCUT2D eigenvalue weighted by atomic mass is 9.97. The molecule has 2 rings (SSSR count). The van der Waals surface area contributed by atoms with Crippen molar-refractivity contribution >= 4 is 23.6 Å². The smallest absolute Gasteiger partial charge is 0.432 e. The summed E-state index contributed by atoms with van der Waals surface area (Å²) in [6.45, 7) is 0.813. The van der Waals surface area contributed by atoms with Crippen molar-refractivity contribution in [2.45, 2.75) is 24.9 Å². The Morgan fingerprint density at radius 2 is 2.17 bits per heavy atom. The molecular weight excluding hydrogens is 335 g/mol. The van der Waals surface area contributed by atoms with Gasteiger partial charge in [0.25, 0.3) is 0 Å². The van der Waals surface area contributed by atoms with Gasteiger partial charge in [0.2, 0.25) is 5.91 Å². The maximum absolute atomic E-state index is 12.6. The van der Waals surface area contributed by atoms with Crippen LogP contribution in [0.25, 0.3) is 0 Å². The van der Waals surface area contributed by atoms with Crippen molar-refractivity contribution in [3.8, 4) is 0 Å². The second-order valence-electron chi connectivity index (χ2n) is 5.25. The molecule has 0 saturated carbocycles. The summed E-state index contributed by atoms with van der Waals surface area (Å²) in [6, 6.07) is 0. The van der Waals surface area contributed by atoms with E-state index in [0.29, 0.717) is 19.4 Å². The van der Waals surface area contributed by atoms with Crippen LogP contribution in [0.15, 0.2) is 6.20 Å². The molecule has 0 bridgehead atoms. The van der Waals surface area contributed by atoms with Gasteiger partial charge in [-0.25, -0.2) is 4.98 Å². The van der Waals surface area contributed by atoms with Gasteiger partial charge >= 0.3 is 12.1 Å². The fourth-order valence-electron chi connectivity index (χ4n) is 2.43. The number of hydrogen-bond donors (Lipinski definition) is 2. The van der Waals surface area contributed by atoms with Crippen molar-refractivity contribution in [2.75, 3.05) is 24.6 Å². The highest BCUT2D eigenvalue weighted by Crippen LogP contribution is 2.31. The summed E-state index contributed by atoms with van der Waals surface area (Å²) in [5, 5.41) is 8.55. The van der Waals surface area contributed by atoms with E-state index in [4.69, 9.17) is 5.11 Å². The summed E-state index contributed by atoms with van der Waals surface area (Å²) in [5.74, 6) is -1.35. The zero-order valence-corrected chi connectivity index (χ0v) is 12.9. The van der Waals surface area contributed by atoms with E-state index >= 15 is 0 Å². The molecule has 1 amide bonds. The number of carboxylic acid groups (broad SMARTS) is 1. The van der Waals surface area contributed by atoms with E-state index in [1.165, 1.54) is 0 Å². The number of nitrogens with one attached hydrogen (secondary N) is 1. The Hall–Kier alpha value is -1.71. The number of likely N-dealkylation sites (tertiary alicyclic amines) is 1. The van der Waals surface area contributed by atoms with Crippen molar-refractivity contribution in [3.63, 3.8) is 0 Å². The minimum Gasteiger partial charge on any atom is -0.481 e. The molecule has 2 heterocycles. The summed E-state index contributed by atoms with van der Waals surface area (Å²) in [7, 11) is 0. The third-order valence-electron chi connectivity index (χ3n) is 3.51. The van der Waals surface area contributed by atoms with Crippen LogP contribution in [0.3, 0.4) is 0 Å². The number of rotatable bonds is 5. The minimum absolute atomic E-state index is 0.0466. The quantitative estimate of drug-likeness (QED) is 0.847. The van der Waals surface area contributed by atoms with E-state index < -0.39 is 17.8 Å². The van der Waals surface area contributed by atoms with Gasteiger partial charge in [0.1, 0.15) is 11.5 Å². The third-order valence-corrected chi connectivity index (χ3v) is 4.41. The number of carbonyl (C=O) groups excluding carboxylic acids is 1. The Bertz CT molecular complexity index is 576. The van der Waals surface area contributed by atoms with Gasteiger partial charge in [0, 0.05) is 19.0 Å². The molecule has 1 aromatic rings. The molecule has 2 N–H and O–H groups in total. The Balaban J connectivity index is 1.94. The monoisotopic (exact) mass is 351 g/mol. The molecule has 23 heavy (non-hydrogen) atoms. The van der Waals surface area contributed by atoms with Crippen LogP contribution in [0, 0.1) is 0 Å². The lowest BCUT2D eigenvalue weighted by Gasteiger charge is -2.31. The number of H-pyrrole nitrogens is 1. The summed E-state index contributed by atoms with van der Waals surface area (Å²) in [4.78, 5) is 30.1. The Morgan fingerprint density at radius 3 is 2.78 bits per heavy atom. The molecule has 0 aliphatic carbocycles. The third kappa shape index (κ3) is 4.88. The molecule has 0 radical (unpaired) electrons. The molecule has 1 fully saturated rings. The summed E-state index contributed by atoms with van der Waals surface area (Å²) < 4.78 is 37.8. The van der Waals surface area contributed by atoms with Gasteiger partial charge in [-0.05, 0) is 12.8 Å². The maximum atomic E-state index is 12.6. The average molecular weight is 351 g/mol. The number of halogens is 3. The van der Waals surface area contributed by atoms with Gasteiger partial charge in [-0.15, -0.1) is 11.8 Å². The van der Waals surface area contributed by atoms with Crippen LogP contribution in [0.2, 0.25) is 0 Å². The SMILES string of the molecule is O=C(O)CSCC(=O)N1CCCC(c2ncc(C(F)(F)F)[nH]2)C1. The molecule has 10 heteroatoms. The van der Waals surface area contributed by atoms with Crippen LogP contribution in [0.1, 0.15) is 30.3 Å². The van der Waals surface area contributed by atoms with Gasteiger partial charge in [-0.3, -0.25) is 9.59 Å². The second-order valence-corrected chi connectivity index (χ2v) is 6.23. The maximum Gasteiger partial charge on any atom is 0.432 e. The topological polar surface area (TPSA) is 86.3 Å². The fourth-order valence-corrected chi connectivity index (χ4v) is 3.07. The lowest BCUT2D eigenvalue weighted by molar-refractivity contribution is -0.141. The molecule has 0 aromatic carbocycles. The second kappa shape index (κ2) is 7.24. The molecule has 0 spiro atoms. The predicted molar refractivity (Wildman–Crippen MR) is 77.1 cm³/mol. The molecule has 6 nitrogen and oxygen atoms in total. The summed E-state index contributed by atoms with van der Waals surface area (Å²) >= 11 is 1.00. The first-order valence-electron chi connectivity index (χ1n) is 6.96. The highest BCUT2D eigenvalue weighted by atomic mass is 32.2. The van der Waals surface area contributed by atoms with Crippen LogP contribution in [0.4, 0.5) is 13.2 Å². The molecule has 1 aliphatic rings. The number of amides is 1. The number of aromatic amines is 1. The number of carboxylic acids is 1. The van der Waals surface area contributed by atoms with Crippen molar-refractivity contribution < 1.29 is 27.9 Å². The number of nitrogens with zero attached hydrogens (tertiary/aromatic N) is 2.